The Morgan fingerprint density at radius 2 is 2.25 bits per heavy atom. The molecule has 0 unspecified atom stereocenters. The summed E-state index contributed by atoms with van der Waals surface area (Å²) in [5, 5.41) is 9.24. The molecule has 1 N–H and O–H groups in total. The summed E-state index contributed by atoms with van der Waals surface area (Å²) < 4.78 is 18.7. The standard InChI is InChI=1S/C13H15FO2/c1-3-4-5-8-16-11-6-7-12(10(2)15)13(14)9-11/h6-7,9-10,15H,5,8H2,1-2H3/t10-/m1/s1. The van der Waals surface area contributed by atoms with Gasteiger partial charge in [0.25, 0.3) is 0 Å². The molecule has 0 amide bonds. The van der Waals surface area contributed by atoms with Crippen molar-refractivity contribution in [3.05, 3.63) is 29.6 Å². The fraction of sp³-hybridized carbons (Fsp3) is 0.385. The summed E-state index contributed by atoms with van der Waals surface area (Å²) in [5.41, 5.74) is 0.278. The number of benzene rings is 1. The summed E-state index contributed by atoms with van der Waals surface area (Å²) in [6, 6.07) is 4.45. The Morgan fingerprint density at radius 1 is 1.50 bits per heavy atom. The molecule has 0 aliphatic rings. The lowest BCUT2D eigenvalue weighted by Gasteiger charge is -2.09. The van der Waals surface area contributed by atoms with Gasteiger partial charge in [0, 0.05) is 18.1 Å². The maximum absolute atomic E-state index is 13.4. The van der Waals surface area contributed by atoms with Crippen LogP contribution in [-0.4, -0.2) is 11.7 Å². The topological polar surface area (TPSA) is 29.5 Å². The largest absolute Gasteiger partial charge is 0.492 e. The third-order valence-corrected chi connectivity index (χ3v) is 2.09. The second-order valence-corrected chi connectivity index (χ2v) is 3.38. The van der Waals surface area contributed by atoms with Crippen LogP contribution in [0, 0.1) is 17.7 Å². The highest BCUT2D eigenvalue weighted by molar-refractivity contribution is 5.30. The van der Waals surface area contributed by atoms with E-state index in [9.17, 15) is 9.50 Å². The van der Waals surface area contributed by atoms with E-state index in [1.165, 1.54) is 19.1 Å². The maximum Gasteiger partial charge on any atom is 0.132 e. The first-order valence-corrected chi connectivity index (χ1v) is 5.15. The molecule has 1 rings (SSSR count). The Morgan fingerprint density at radius 3 is 2.81 bits per heavy atom. The molecule has 0 bridgehead atoms. The Labute approximate surface area is 95.1 Å². The minimum atomic E-state index is -0.806. The van der Waals surface area contributed by atoms with Gasteiger partial charge < -0.3 is 9.84 Å². The van der Waals surface area contributed by atoms with Gasteiger partial charge in [-0.25, -0.2) is 4.39 Å². The van der Waals surface area contributed by atoms with Crippen molar-refractivity contribution in [2.75, 3.05) is 6.61 Å². The number of aliphatic hydroxyl groups excluding tert-OH is 1. The first kappa shape index (κ1) is 12.5. The normalized spacial score (nSPS) is 11.5. The number of hydrogen-bond acceptors (Lipinski definition) is 2. The van der Waals surface area contributed by atoms with Gasteiger partial charge in [-0.3, -0.25) is 0 Å². The lowest BCUT2D eigenvalue weighted by molar-refractivity contribution is 0.194. The second kappa shape index (κ2) is 6.14. The van der Waals surface area contributed by atoms with Crippen molar-refractivity contribution in [1.29, 1.82) is 0 Å². The van der Waals surface area contributed by atoms with Crippen LogP contribution in [0.2, 0.25) is 0 Å². The molecule has 1 atom stereocenters. The highest BCUT2D eigenvalue weighted by Crippen LogP contribution is 2.21. The number of rotatable bonds is 4. The van der Waals surface area contributed by atoms with Crippen molar-refractivity contribution in [2.24, 2.45) is 0 Å². The summed E-state index contributed by atoms with van der Waals surface area (Å²) in [5.74, 6) is 5.61. The molecular formula is C13H15FO2. The van der Waals surface area contributed by atoms with Gasteiger partial charge in [0.15, 0.2) is 0 Å². The predicted molar refractivity (Wildman–Crippen MR) is 60.6 cm³/mol. The molecule has 3 heteroatoms. The van der Waals surface area contributed by atoms with Crippen LogP contribution >= 0.6 is 0 Å². The van der Waals surface area contributed by atoms with E-state index < -0.39 is 11.9 Å². The fourth-order valence-corrected chi connectivity index (χ4v) is 1.28. The molecule has 0 spiro atoms. The molecule has 0 fully saturated rings. The smallest absolute Gasteiger partial charge is 0.132 e. The zero-order chi connectivity index (χ0) is 12.0. The van der Waals surface area contributed by atoms with Crippen molar-refractivity contribution < 1.29 is 14.2 Å². The zero-order valence-electron chi connectivity index (χ0n) is 9.46. The van der Waals surface area contributed by atoms with Gasteiger partial charge in [-0.2, -0.15) is 0 Å². The summed E-state index contributed by atoms with van der Waals surface area (Å²) in [6.07, 6.45) is -0.184. The fourth-order valence-electron chi connectivity index (χ4n) is 1.28. The van der Waals surface area contributed by atoms with E-state index in [-0.39, 0.29) is 5.56 Å². The van der Waals surface area contributed by atoms with Crippen LogP contribution in [-0.2, 0) is 0 Å². The van der Waals surface area contributed by atoms with E-state index in [1.807, 2.05) is 0 Å². The van der Waals surface area contributed by atoms with Crippen LogP contribution in [0.25, 0.3) is 0 Å². The monoisotopic (exact) mass is 222 g/mol. The molecule has 2 nitrogen and oxygen atoms in total. The predicted octanol–water partition coefficient (Wildman–Crippen LogP) is 2.67. The first-order chi connectivity index (χ1) is 7.65. The second-order valence-electron chi connectivity index (χ2n) is 3.38. The van der Waals surface area contributed by atoms with Crippen LogP contribution in [0.4, 0.5) is 4.39 Å². The highest BCUT2D eigenvalue weighted by atomic mass is 19.1. The van der Waals surface area contributed by atoms with Gasteiger partial charge in [-0.1, -0.05) is 0 Å². The molecular weight excluding hydrogens is 207 g/mol. The van der Waals surface area contributed by atoms with Crippen molar-refractivity contribution >= 4 is 0 Å². The molecule has 16 heavy (non-hydrogen) atoms. The number of ether oxygens (including phenoxy) is 1. The Hall–Kier alpha value is -1.53. The van der Waals surface area contributed by atoms with E-state index in [4.69, 9.17) is 4.74 Å². The lowest BCUT2D eigenvalue weighted by Crippen LogP contribution is -1.99. The highest BCUT2D eigenvalue weighted by Gasteiger charge is 2.08. The summed E-state index contributed by atoms with van der Waals surface area (Å²) in [6.45, 7) is 3.72. The Bertz CT molecular complexity index is 402. The van der Waals surface area contributed by atoms with Crippen molar-refractivity contribution in [2.45, 2.75) is 26.4 Å². The zero-order valence-corrected chi connectivity index (χ0v) is 9.46. The van der Waals surface area contributed by atoms with E-state index in [1.54, 1.807) is 13.0 Å². The van der Waals surface area contributed by atoms with E-state index >= 15 is 0 Å². The first-order valence-electron chi connectivity index (χ1n) is 5.15. The number of aliphatic hydroxyl groups is 1. The minimum absolute atomic E-state index is 0.278. The quantitative estimate of drug-likeness (QED) is 0.627. The third kappa shape index (κ3) is 3.56. The third-order valence-electron chi connectivity index (χ3n) is 2.09. The van der Waals surface area contributed by atoms with Gasteiger partial charge in [-0.15, -0.1) is 11.8 Å². The molecule has 0 saturated heterocycles. The molecule has 0 saturated carbocycles. The maximum atomic E-state index is 13.4. The molecule has 1 aromatic rings. The Kier molecular flexibility index (Phi) is 4.81. The minimum Gasteiger partial charge on any atom is -0.492 e. The SMILES string of the molecule is CC#CCCOc1ccc([C@@H](C)O)c(F)c1. The van der Waals surface area contributed by atoms with Crippen molar-refractivity contribution in [3.63, 3.8) is 0 Å². The molecule has 0 aliphatic heterocycles. The van der Waals surface area contributed by atoms with Crippen molar-refractivity contribution in [1.82, 2.24) is 0 Å². The van der Waals surface area contributed by atoms with E-state index in [2.05, 4.69) is 11.8 Å². The molecule has 0 heterocycles. The van der Waals surface area contributed by atoms with Crippen LogP contribution in [0.3, 0.4) is 0 Å². The van der Waals surface area contributed by atoms with Gasteiger partial charge >= 0.3 is 0 Å². The molecule has 86 valence electrons. The lowest BCUT2D eigenvalue weighted by atomic mass is 10.1. The van der Waals surface area contributed by atoms with Crippen LogP contribution in [0.5, 0.6) is 5.75 Å². The molecule has 0 aromatic heterocycles. The van der Waals surface area contributed by atoms with Crippen LogP contribution in [0.1, 0.15) is 31.9 Å². The van der Waals surface area contributed by atoms with Gasteiger partial charge in [-0.05, 0) is 26.0 Å². The average Bonchev–Trinajstić information content (AvgIpc) is 2.24. The summed E-state index contributed by atoms with van der Waals surface area (Å²) >= 11 is 0. The number of halogens is 1. The van der Waals surface area contributed by atoms with Gasteiger partial charge in [0.2, 0.25) is 0 Å². The van der Waals surface area contributed by atoms with Gasteiger partial charge in [0.1, 0.15) is 11.6 Å². The van der Waals surface area contributed by atoms with Crippen LogP contribution in [0.15, 0.2) is 18.2 Å². The van der Waals surface area contributed by atoms with E-state index in [0.29, 0.717) is 18.8 Å². The van der Waals surface area contributed by atoms with Crippen molar-refractivity contribution in [3.8, 4) is 17.6 Å². The molecule has 0 radical (unpaired) electrons. The van der Waals surface area contributed by atoms with Crippen LogP contribution < -0.4 is 4.74 Å². The summed E-state index contributed by atoms with van der Waals surface area (Å²) in [4.78, 5) is 0. The molecule has 0 aliphatic carbocycles. The summed E-state index contributed by atoms with van der Waals surface area (Å²) in [7, 11) is 0. The average molecular weight is 222 g/mol. The van der Waals surface area contributed by atoms with Gasteiger partial charge in [0.05, 0.1) is 12.7 Å². The number of hydrogen-bond donors (Lipinski definition) is 1. The van der Waals surface area contributed by atoms with E-state index in [0.717, 1.165) is 0 Å². The molecule has 1 aromatic carbocycles. The Balaban J connectivity index is 2.61.